The SMILES string of the molecule is O=C1CN=C(NCCCOc2ccc3c(C(CC(=O)OC(=O)C(F)(F)F)c4ccncc4)c[nH]c3c2)N1. The molecule has 3 N–H and O–H groups in total. The molecule has 3 heterocycles. The molecule has 1 aliphatic heterocycles. The quantitative estimate of drug-likeness (QED) is 0.226. The molecule has 0 radical (unpaired) electrons. The summed E-state index contributed by atoms with van der Waals surface area (Å²) < 4.78 is 47.4. The standard InChI is InChI=1S/C24H22F3N5O5/c25-24(26,27)22(35)37-21(34)11-17(14-4-7-28-8-5-14)18-12-30-19-10-15(2-3-16(18)19)36-9-1-6-29-23-31-13-20(33)32-23/h2-5,7-8,10,12,17,30H,1,6,9,11,13H2,(H2,29,31,32,33). The molecule has 4 rings (SSSR count). The summed E-state index contributed by atoms with van der Waals surface area (Å²) in [7, 11) is 0. The van der Waals surface area contributed by atoms with Gasteiger partial charge in [-0.1, -0.05) is 0 Å². The van der Waals surface area contributed by atoms with Crippen LogP contribution in [0.15, 0.2) is 53.9 Å². The van der Waals surface area contributed by atoms with E-state index in [1.54, 1.807) is 36.5 Å². The van der Waals surface area contributed by atoms with Crippen LogP contribution >= 0.6 is 0 Å². The van der Waals surface area contributed by atoms with Crippen LogP contribution in [0.1, 0.15) is 29.9 Å². The van der Waals surface area contributed by atoms with Crippen molar-refractivity contribution in [1.29, 1.82) is 0 Å². The Hall–Kier alpha value is -4.42. The second-order valence-corrected chi connectivity index (χ2v) is 8.09. The average Bonchev–Trinajstić information content (AvgIpc) is 3.47. The van der Waals surface area contributed by atoms with Crippen LogP contribution in [0.3, 0.4) is 0 Å². The number of nitrogens with one attached hydrogen (secondary N) is 3. The normalized spacial score (nSPS) is 14.1. The Morgan fingerprint density at radius 3 is 2.65 bits per heavy atom. The van der Waals surface area contributed by atoms with Gasteiger partial charge in [0, 0.05) is 48.0 Å². The molecule has 0 aliphatic carbocycles. The minimum atomic E-state index is -5.27. The van der Waals surface area contributed by atoms with Crippen LogP contribution in [0.4, 0.5) is 13.2 Å². The number of hydrogen-bond donors (Lipinski definition) is 3. The van der Waals surface area contributed by atoms with E-state index >= 15 is 0 Å². The lowest BCUT2D eigenvalue weighted by molar-refractivity contribution is -0.201. The first-order valence-electron chi connectivity index (χ1n) is 11.2. The van der Waals surface area contributed by atoms with Gasteiger partial charge >= 0.3 is 18.1 Å². The number of hydrogen-bond acceptors (Lipinski definition) is 8. The van der Waals surface area contributed by atoms with Gasteiger partial charge in [0.05, 0.1) is 13.0 Å². The number of guanidine groups is 1. The highest BCUT2D eigenvalue weighted by atomic mass is 19.4. The monoisotopic (exact) mass is 517 g/mol. The number of alkyl halides is 3. The van der Waals surface area contributed by atoms with Gasteiger partial charge in [0.1, 0.15) is 12.3 Å². The van der Waals surface area contributed by atoms with Crippen LogP contribution < -0.4 is 15.4 Å². The lowest BCUT2D eigenvalue weighted by atomic mass is 9.89. The van der Waals surface area contributed by atoms with Crippen LogP contribution in [-0.2, 0) is 19.1 Å². The highest BCUT2D eigenvalue weighted by Crippen LogP contribution is 2.35. The van der Waals surface area contributed by atoms with Gasteiger partial charge in [-0.05, 0) is 41.8 Å². The summed E-state index contributed by atoms with van der Waals surface area (Å²) in [4.78, 5) is 45.5. The summed E-state index contributed by atoms with van der Waals surface area (Å²) in [5.41, 5.74) is 1.93. The molecule has 10 nitrogen and oxygen atoms in total. The van der Waals surface area contributed by atoms with E-state index in [-0.39, 0.29) is 12.5 Å². The molecule has 0 spiro atoms. The highest BCUT2D eigenvalue weighted by Gasteiger charge is 2.42. The van der Waals surface area contributed by atoms with Crippen molar-refractivity contribution in [2.24, 2.45) is 4.99 Å². The molecule has 1 unspecified atom stereocenters. The van der Waals surface area contributed by atoms with Crippen molar-refractivity contribution < 1.29 is 37.0 Å². The molecule has 13 heteroatoms. The number of fused-ring (bicyclic) bond motifs is 1. The largest absolute Gasteiger partial charge is 0.493 e. The lowest BCUT2D eigenvalue weighted by Crippen LogP contribution is -2.37. The summed E-state index contributed by atoms with van der Waals surface area (Å²) in [6.45, 7) is 1.06. The highest BCUT2D eigenvalue weighted by molar-refractivity contribution is 6.02. The molecule has 0 saturated carbocycles. The van der Waals surface area contributed by atoms with Crippen molar-refractivity contribution in [2.75, 3.05) is 19.7 Å². The molecule has 194 valence electrons. The Labute approximate surface area is 208 Å². The van der Waals surface area contributed by atoms with Gasteiger partial charge in [-0.25, -0.2) is 9.79 Å². The summed E-state index contributed by atoms with van der Waals surface area (Å²) in [5.74, 6) is -3.67. The van der Waals surface area contributed by atoms with Gasteiger partial charge < -0.3 is 19.8 Å². The van der Waals surface area contributed by atoms with Gasteiger partial charge in [-0.2, -0.15) is 13.2 Å². The second kappa shape index (κ2) is 11.1. The van der Waals surface area contributed by atoms with Crippen molar-refractivity contribution in [3.05, 3.63) is 60.0 Å². The Morgan fingerprint density at radius 2 is 1.95 bits per heavy atom. The van der Waals surface area contributed by atoms with E-state index < -0.39 is 30.5 Å². The van der Waals surface area contributed by atoms with E-state index in [9.17, 15) is 27.6 Å². The molecule has 1 amide bonds. The number of aliphatic imine (C=N–C) groups is 1. The summed E-state index contributed by atoms with van der Waals surface area (Å²) in [6.07, 6.45) is -0.467. The van der Waals surface area contributed by atoms with Crippen LogP contribution in [-0.4, -0.2) is 59.6 Å². The lowest BCUT2D eigenvalue weighted by Gasteiger charge is -2.16. The van der Waals surface area contributed by atoms with E-state index in [4.69, 9.17) is 4.74 Å². The number of esters is 2. The number of ether oxygens (including phenoxy) is 2. The molecule has 37 heavy (non-hydrogen) atoms. The molecule has 0 fully saturated rings. The van der Waals surface area contributed by atoms with Gasteiger partial charge in [0.15, 0.2) is 5.96 Å². The summed E-state index contributed by atoms with van der Waals surface area (Å²) >= 11 is 0. The summed E-state index contributed by atoms with van der Waals surface area (Å²) in [6, 6.07) is 8.55. The van der Waals surface area contributed by atoms with E-state index in [1.165, 1.54) is 12.4 Å². The van der Waals surface area contributed by atoms with E-state index in [1.807, 2.05) is 0 Å². The number of carbonyl (C=O) groups is 3. The fraction of sp³-hybridized carbons (Fsp3) is 0.292. The van der Waals surface area contributed by atoms with E-state index in [0.29, 0.717) is 47.9 Å². The van der Waals surface area contributed by atoms with Gasteiger partial charge in [-0.3, -0.25) is 19.9 Å². The number of amides is 1. The predicted molar refractivity (Wildman–Crippen MR) is 125 cm³/mol. The first-order chi connectivity index (χ1) is 17.7. The topological polar surface area (TPSA) is 135 Å². The molecule has 1 atom stereocenters. The second-order valence-electron chi connectivity index (χ2n) is 8.09. The maximum absolute atomic E-state index is 12.5. The third-order valence-corrected chi connectivity index (χ3v) is 5.50. The number of halogens is 3. The Bertz CT molecular complexity index is 1320. The molecule has 0 saturated heterocycles. The molecule has 1 aromatic carbocycles. The van der Waals surface area contributed by atoms with Crippen LogP contribution in [0.25, 0.3) is 10.9 Å². The number of pyridine rings is 1. The maximum Gasteiger partial charge on any atom is 0.491 e. The third-order valence-electron chi connectivity index (χ3n) is 5.50. The van der Waals surface area contributed by atoms with Crippen molar-refractivity contribution in [1.82, 2.24) is 20.6 Å². The first-order valence-corrected chi connectivity index (χ1v) is 11.2. The van der Waals surface area contributed by atoms with Crippen LogP contribution in [0.5, 0.6) is 5.75 Å². The fourth-order valence-electron chi connectivity index (χ4n) is 3.81. The Kier molecular flexibility index (Phi) is 7.70. The molecule has 3 aromatic rings. The zero-order valence-electron chi connectivity index (χ0n) is 19.3. The minimum Gasteiger partial charge on any atom is -0.493 e. The number of benzene rings is 1. The zero-order chi connectivity index (χ0) is 26.4. The van der Waals surface area contributed by atoms with E-state index in [2.05, 4.69) is 30.3 Å². The fourth-order valence-corrected chi connectivity index (χ4v) is 3.81. The zero-order valence-corrected chi connectivity index (χ0v) is 19.3. The molecular formula is C24H22F3N5O5. The average molecular weight is 517 g/mol. The van der Waals surface area contributed by atoms with Gasteiger partial charge in [0.25, 0.3) is 0 Å². The Balaban J connectivity index is 1.43. The number of rotatable bonds is 9. The number of aromatic nitrogens is 2. The smallest absolute Gasteiger partial charge is 0.491 e. The number of nitrogens with zero attached hydrogens (tertiary/aromatic N) is 2. The maximum atomic E-state index is 12.5. The molecule has 2 aromatic heterocycles. The van der Waals surface area contributed by atoms with Gasteiger partial charge in [-0.15, -0.1) is 0 Å². The van der Waals surface area contributed by atoms with E-state index in [0.717, 1.165) is 5.39 Å². The summed E-state index contributed by atoms with van der Waals surface area (Å²) in [5, 5.41) is 6.31. The molecule has 0 bridgehead atoms. The predicted octanol–water partition coefficient (Wildman–Crippen LogP) is 2.56. The van der Waals surface area contributed by atoms with Crippen molar-refractivity contribution in [3.63, 3.8) is 0 Å². The van der Waals surface area contributed by atoms with Crippen LogP contribution in [0.2, 0.25) is 0 Å². The van der Waals surface area contributed by atoms with Crippen molar-refractivity contribution in [2.45, 2.75) is 24.9 Å². The van der Waals surface area contributed by atoms with Crippen molar-refractivity contribution in [3.8, 4) is 5.75 Å². The first kappa shape index (κ1) is 25.7. The Morgan fingerprint density at radius 1 is 1.16 bits per heavy atom. The van der Waals surface area contributed by atoms with Gasteiger partial charge in [0.2, 0.25) is 5.91 Å². The molecule has 1 aliphatic rings. The molecular weight excluding hydrogens is 495 g/mol. The number of H-pyrrole nitrogens is 1. The number of carbonyl (C=O) groups excluding carboxylic acids is 3. The number of aromatic amines is 1. The third kappa shape index (κ3) is 6.63. The van der Waals surface area contributed by atoms with Crippen molar-refractivity contribution >= 4 is 34.7 Å². The van der Waals surface area contributed by atoms with Crippen LogP contribution in [0, 0.1) is 0 Å². The minimum absolute atomic E-state index is 0.117.